The third-order valence-corrected chi connectivity index (χ3v) is 3.20. The van der Waals surface area contributed by atoms with Crippen molar-refractivity contribution in [2.45, 2.75) is 6.92 Å². The summed E-state index contributed by atoms with van der Waals surface area (Å²) in [4.78, 5) is 25.6. The number of nitrogens with zero attached hydrogens (tertiary/aromatic N) is 2. The summed E-state index contributed by atoms with van der Waals surface area (Å²) >= 11 is 1.25. The lowest BCUT2D eigenvalue weighted by atomic mass is 10.1. The zero-order valence-electron chi connectivity index (χ0n) is 10.1. The Hall–Kier alpha value is -2.55. The van der Waals surface area contributed by atoms with Crippen LogP contribution in [-0.2, 0) is 0 Å². The van der Waals surface area contributed by atoms with Gasteiger partial charge >= 0.3 is 5.97 Å². The number of hydrogen-bond acceptors (Lipinski definition) is 6. The second-order valence-corrected chi connectivity index (χ2v) is 5.05. The van der Waals surface area contributed by atoms with E-state index in [1.165, 1.54) is 11.3 Å². The lowest BCUT2D eigenvalue weighted by molar-refractivity contribution is -0.385. The quantitative estimate of drug-likeness (QED) is 0.664. The number of halogens is 1. The second kappa shape index (κ2) is 5.21. The molecule has 2 rings (SSSR count). The molecule has 20 heavy (non-hydrogen) atoms. The fourth-order valence-corrected chi connectivity index (χ4v) is 2.19. The maximum atomic E-state index is 13.8. The Bertz CT molecular complexity index is 701. The van der Waals surface area contributed by atoms with Gasteiger partial charge in [-0.05, 0) is 13.0 Å². The summed E-state index contributed by atoms with van der Waals surface area (Å²) in [6.45, 7) is 1.80. The number of nitro benzene ring substituents is 1. The summed E-state index contributed by atoms with van der Waals surface area (Å²) in [5.41, 5.74) is -1.56. The fraction of sp³-hybridized carbons (Fsp3) is 0.0909. The number of hydrogen-bond donors (Lipinski definition) is 2. The molecule has 0 aliphatic carbocycles. The van der Waals surface area contributed by atoms with Crippen LogP contribution in [0.4, 0.5) is 20.9 Å². The van der Waals surface area contributed by atoms with E-state index in [1.54, 1.807) is 13.1 Å². The molecule has 9 heteroatoms. The number of aryl methyl sites for hydroxylation is 1. The molecule has 2 N–H and O–H groups in total. The molecule has 1 aromatic heterocycles. The molecule has 7 nitrogen and oxygen atoms in total. The molecule has 104 valence electrons. The SMILES string of the molecule is Cc1cnc(Nc2cc(C(=O)O)c([N+](=O)[O-])cc2F)s1. The summed E-state index contributed by atoms with van der Waals surface area (Å²) in [5.74, 6) is -2.43. The van der Waals surface area contributed by atoms with Crippen molar-refractivity contribution in [1.82, 2.24) is 4.98 Å². The van der Waals surface area contributed by atoms with Crippen molar-refractivity contribution in [2.75, 3.05) is 5.32 Å². The number of nitrogens with one attached hydrogen (secondary N) is 1. The van der Waals surface area contributed by atoms with Crippen LogP contribution >= 0.6 is 11.3 Å². The van der Waals surface area contributed by atoms with Crippen LogP contribution in [0.5, 0.6) is 0 Å². The zero-order chi connectivity index (χ0) is 14.9. The minimum absolute atomic E-state index is 0.178. The van der Waals surface area contributed by atoms with Gasteiger partial charge in [-0.2, -0.15) is 0 Å². The van der Waals surface area contributed by atoms with E-state index < -0.39 is 28.0 Å². The van der Waals surface area contributed by atoms with E-state index in [4.69, 9.17) is 5.11 Å². The number of carboxylic acid groups (broad SMARTS) is 1. The van der Waals surface area contributed by atoms with Gasteiger partial charge in [-0.25, -0.2) is 14.2 Å². The third-order valence-electron chi connectivity index (χ3n) is 2.38. The highest BCUT2D eigenvalue weighted by molar-refractivity contribution is 7.15. The molecule has 0 unspecified atom stereocenters. The Balaban J connectivity index is 2.46. The third kappa shape index (κ3) is 2.72. The molecular formula is C11H8FN3O4S. The lowest BCUT2D eigenvalue weighted by Crippen LogP contribution is -2.05. The molecule has 0 atom stereocenters. The Morgan fingerprint density at radius 2 is 2.25 bits per heavy atom. The zero-order valence-corrected chi connectivity index (χ0v) is 10.9. The molecule has 0 saturated heterocycles. The van der Waals surface area contributed by atoms with Gasteiger partial charge in [0.1, 0.15) is 5.56 Å². The first kappa shape index (κ1) is 13.9. The number of rotatable bonds is 4. The molecule has 0 amide bonds. The maximum absolute atomic E-state index is 13.8. The van der Waals surface area contributed by atoms with Gasteiger partial charge in [0.2, 0.25) is 0 Å². The minimum Gasteiger partial charge on any atom is -0.477 e. The molecule has 0 saturated carbocycles. The van der Waals surface area contributed by atoms with Crippen LogP contribution in [-0.4, -0.2) is 21.0 Å². The average Bonchev–Trinajstić information content (AvgIpc) is 2.76. The first-order valence-electron chi connectivity index (χ1n) is 5.29. The lowest BCUT2D eigenvalue weighted by Gasteiger charge is -2.06. The molecule has 0 fully saturated rings. The summed E-state index contributed by atoms with van der Waals surface area (Å²) in [6.07, 6.45) is 1.56. The number of aromatic nitrogens is 1. The molecule has 0 spiro atoms. The topological polar surface area (TPSA) is 105 Å². The normalized spacial score (nSPS) is 10.3. The number of anilines is 2. The van der Waals surface area contributed by atoms with Gasteiger partial charge in [0.05, 0.1) is 16.7 Å². The second-order valence-electron chi connectivity index (χ2n) is 3.81. The highest BCUT2D eigenvalue weighted by atomic mass is 32.1. The molecule has 0 radical (unpaired) electrons. The fourth-order valence-electron chi connectivity index (χ4n) is 1.51. The van der Waals surface area contributed by atoms with E-state index in [2.05, 4.69) is 10.3 Å². The standard InChI is InChI=1S/C11H8FN3O4S/c1-5-4-13-11(20-5)14-8-2-6(10(16)17)9(15(18)19)3-7(8)12/h2-4H,1H3,(H,13,14)(H,16,17). The Morgan fingerprint density at radius 3 is 2.75 bits per heavy atom. The van der Waals surface area contributed by atoms with Gasteiger partial charge in [-0.3, -0.25) is 10.1 Å². The summed E-state index contributed by atoms with van der Waals surface area (Å²) in [6, 6.07) is 1.46. The number of nitro groups is 1. The maximum Gasteiger partial charge on any atom is 0.342 e. The van der Waals surface area contributed by atoms with Crippen LogP contribution in [0, 0.1) is 22.9 Å². The Labute approximate surface area is 115 Å². The van der Waals surface area contributed by atoms with Crippen LogP contribution in [0.1, 0.15) is 15.2 Å². The van der Waals surface area contributed by atoms with E-state index in [0.29, 0.717) is 11.2 Å². The van der Waals surface area contributed by atoms with Crippen LogP contribution in [0.25, 0.3) is 0 Å². The molecule has 2 aromatic rings. The van der Waals surface area contributed by atoms with E-state index in [9.17, 15) is 19.3 Å². The smallest absolute Gasteiger partial charge is 0.342 e. The van der Waals surface area contributed by atoms with Crippen LogP contribution < -0.4 is 5.32 Å². The van der Waals surface area contributed by atoms with Gasteiger partial charge in [0.15, 0.2) is 10.9 Å². The van der Waals surface area contributed by atoms with Crippen LogP contribution in [0.3, 0.4) is 0 Å². The van der Waals surface area contributed by atoms with Crippen molar-refractivity contribution < 1.29 is 19.2 Å². The number of thiazole rings is 1. The molecule has 0 aliphatic heterocycles. The predicted octanol–water partition coefficient (Wildman–Crippen LogP) is 2.94. The molecule has 0 aliphatic rings. The van der Waals surface area contributed by atoms with Crippen molar-refractivity contribution in [1.29, 1.82) is 0 Å². The highest BCUT2D eigenvalue weighted by Gasteiger charge is 2.23. The summed E-state index contributed by atoms with van der Waals surface area (Å²) in [5, 5.41) is 22.6. The summed E-state index contributed by atoms with van der Waals surface area (Å²) < 4.78 is 13.8. The van der Waals surface area contributed by atoms with Crippen molar-refractivity contribution >= 4 is 33.8 Å². The van der Waals surface area contributed by atoms with Crippen LogP contribution in [0.2, 0.25) is 0 Å². The number of carbonyl (C=O) groups is 1. The van der Waals surface area contributed by atoms with Crippen molar-refractivity contribution in [3.63, 3.8) is 0 Å². The van der Waals surface area contributed by atoms with Gasteiger partial charge < -0.3 is 10.4 Å². The van der Waals surface area contributed by atoms with Crippen LogP contribution in [0.15, 0.2) is 18.3 Å². The Kier molecular flexibility index (Phi) is 3.61. The molecule has 0 bridgehead atoms. The Morgan fingerprint density at radius 1 is 1.55 bits per heavy atom. The number of aromatic carboxylic acids is 1. The van der Waals surface area contributed by atoms with Crippen molar-refractivity contribution in [2.24, 2.45) is 0 Å². The van der Waals surface area contributed by atoms with Gasteiger partial charge in [0.25, 0.3) is 5.69 Å². The first-order chi connectivity index (χ1) is 9.38. The summed E-state index contributed by atoms with van der Waals surface area (Å²) in [7, 11) is 0. The largest absolute Gasteiger partial charge is 0.477 e. The molecule has 1 aromatic carbocycles. The first-order valence-corrected chi connectivity index (χ1v) is 6.11. The van der Waals surface area contributed by atoms with Gasteiger partial charge in [-0.1, -0.05) is 0 Å². The highest BCUT2D eigenvalue weighted by Crippen LogP contribution is 2.29. The van der Waals surface area contributed by atoms with Gasteiger partial charge in [0, 0.05) is 11.1 Å². The number of carboxylic acids is 1. The average molecular weight is 297 g/mol. The number of benzene rings is 1. The molecular weight excluding hydrogens is 289 g/mol. The van der Waals surface area contributed by atoms with Crippen molar-refractivity contribution in [3.05, 3.63) is 44.7 Å². The monoisotopic (exact) mass is 297 g/mol. The van der Waals surface area contributed by atoms with E-state index in [0.717, 1.165) is 10.9 Å². The van der Waals surface area contributed by atoms with Gasteiger partial charge in [-0.15, -0.1) is 11.3 Å². The molecule has 1 heterocycles. The predicted molar refractivity (Wildman–Crippen MR) is 70.1 cm³/mol. The van der Waals surface area contributed by atoms with E-state index >= 15 is 0 Å². The van der Waals surface area contributed by atoms with E-state index in [1.807, 2.05) is 0 Å². The van der Waals surface area contributed by atoms with Crippen molar-refractivity contribution in [3.8, 4) is 0 Å². The van der Waals surface area contributed by atoms with E-state index in [-0.39, 0.29) is 5.69 Å². The minimum atomic E-state index is -1.50.